The Hall–Kier alpha value is -1.57. The Bertz CT molecular complexity index is 934. The number of piperidine rings is 1. The number of anilines is 1. The van der Waals surface area contributed by atoms with Crippen molar-refractivity contribution in [3.8, 4) is 0 Å². The molecular weight excluding hydrogens is 403 g/mol. The average Bonchev–Trinajstić information content (AvgIpc) is 2.99. The number of nitrogens with zero attached hydrogens (tertiary/aromatic N) is 4. The summed E-state index contributed by atoms with van der Waals surface area (Å²) in [6.07, 6.45) is 2.86. The molecule has 0 spiro atoms. The minimum atomic E-state index is -0.213. The van der Waals surface area contributed by atoms with Gasteiger partial charge in [0.15, 0.2) is 5.13 Å². The summed E-state index contributed by atoms with van der Waals surface area (Å²) in [6, 6.07) is 10.3. The lowest BCUT2D eigenvalue weighted by atomic mass is 9.88. The number of aromatic nitrogens is 2. The van der Waals surface area contributed by atoms with Gasteiger partial charge in [-0.05, 0) is 36.8 Å². The third-order valence-corrected chi connectivity index (χ3v) is 6.56. The lowest BCUT2D eigenvalue weighted by molar-refractivity contribution is 0.106. The fraction of sp³-hybridized carbons (Fsp3) is 0.333. The van der Waals surface area contributed by atoms with E-state index in [0.29, 0.717) is 24.3 Å². The summed E-state index contributed by atoms with van der Waals surface area (Å²) in [5.74, 6) is -0.213. The Balaban J connectivity index is 1.33. The molecule has 5 heterocycles. The van der Waals surface area contributed by atoms with Gasteiger partial charge in [0.25, 0.3) is 0 Å². The SMILES string of the molecule is Fc1cccnc1CN1CC2CC(C1)N2c1nc2ccc(Br)cc2s1. The zero-order chi connectivity index (χ0) is 17.0. The molecule has 25 heavy (non-hydrogen) atoms. The Labute approximate surface area is 157 Å². The molecule has 128 valence electrons. The van der Waals surface area contributed by atoms with Crippen LogP contribution in [0.25, 0.3) is 10.2 Å². The van der Waals surface area contributed by atoms with Crippen LogP contribution in [0.4, 0.5) is 9.52 Å². The Kier molecular flexibility index (Phi) is 3.76. The molecule has 3 saturated heterocycles. The van der Waals surface area contributed by atoms with E-state index in [9.17, 15) is 4.39 Å². The van der Waals surface area contributed by atoms with Gasteiger partial charge in [-0.2, -0.15) is 0 Å². The number of fused-ring (bicyclic) bond motifs is 3. The summed E-state index contributed by atoms with van der Waals surface area (Å²) in [5, 5.41) is 1.11. The molecule has 1 aromatic carbocycles. The summed E-state index contributed by atoms with van der Waals surface area (Å²) in [7, 11) is 0. The molecule has 0 amide bonds. The van der Waals surface area contributed by atoms with Crippen LogP contribution in [-0.2, 0) is 6.54 Å². The maximum Gasteiger partial charge on any atom is 0.187 e. The Morgan fingerprint density at radius 2 is 2.08 bits per heavy atom. The van der Waals surface area contributed by atoms with E-state index in [-0.39, 0.29) is 5.82 Å². The molecule has 3 aliphatic heterocycles. The van der Waals surface area contributed by atoms with Crippen molar-refractivity contribution in [3.05, 3.63) is 52.5 Å². The third-order valence-electron chi connectivity index (χ3n) is 5.04. The summed E-state index contributed by atoms with van der Waals surface area (Å²) >= 11 is 5.28. The number of rotatable bonds is 3. The maximum atomic E-state index is 13.8. The highest BCUT2D eigenvalue weighted by atomic mass is 79.9. The van der Waals surface area contributed by atoms with Crippen LogP contribution in [0.2, 0.25) is 0 Å². The summed E-state index contributed by atoms with van der Waals surface area (Å²) < 4.78 is 16.1. The zero-order valence-electron chi connectivity index (χ0n) is 13.4. The van der Waals surface area contributed by atoms with E-state index in [2.05, 4.69) is 42.8 Å². The number of piperazine rings is 1. The largest absolute Gasteiger partial charge is 0.339 e. The average molecular weight is 419 g/mol. The zero-order valence-corrected chi connectivity index (χ0v) is 15.8. The van der Waals surface area contributed by atoms with E-state index in [1.165, 1.54) is 17.2 Å². The summed E-state index contributed by atoms with van der Waals surface area (Å²) in [6.45, 7) is 2.46. The van der Waals surface area contributed by atoms with Crippen LogP contribution in [0.1, 0.15) is 12.1 Å². The molecule has 0 radical (unpaired) electrons. The van der Waals surface area contributed by atoms with E-state index in [0.717, 1.165) is 28.2 Å². The topological polar surface area (TPSA) is 32.3 Å². The maximum absolute atomic E-state index is 13.8. The van der Waals surface area contributed by atoms with Gasteiger partial charge in [-0.15, -0.1) is 0 Å². The van der Waals surface area contributed by atoms with Crippen LogP contribution in [0, 0.1) is 5.82 Å². The summed E-state index contributed by atoms with van der Waals surface area (Å²) in [4.78, 5) is 13.8. The minimum Gasteiger partial charge on any atom is -0.339 e. The molecule has 6 rings (SSSR count). The second-order valence-corrected chi connectivity index (χ2v) is 8.61. The molecule has 2 aromatic heterocycles. The van der Waals surface area contributed by atoms with Crippen LogP contribution < -0.4 is 4.90 Å². The molecule has 7 heteroatoms. The molecular formula is C18H16BrFN4S. The van der Waals surface area contributed by atoms with E-state index >= 15 is 0 Å². The van der Waals surface area contributed by atoms with E-state index < -0.39 is 0 Å². The molecule has 4 nitrogen and oxygen atoms in total. The number of hydrogen-bond acceptors (Lipinski definition) is 5. The van der Waals surface area contributed by atoms with Crippen LogP contribution in [0.3, 0.4) is 0 Å². The first-order chi connectivity index (χ1) is 12.2. The van der Waals surface area contributed by atoms with E-state index in [1.54, 1.807) is 23.6 Å². The lowest BCUT2D eigenvalue weighted by Gasteiger charge is -2.56. The monoisotopic (exact) mass is 418 g/mol. The van der Waals surface area contributed by atoms with E-state index in [4.69, 9.17) is 4.98 Å². The first-order valence-corrected chi connectivity index (χ1v) is 9.94. The predicted molar refractivity (Wildman–Crippen MR) is 101 cm³/mol. The fourth-order valence-corrected chi connectivity index (χ4v) is 5.54. The molecule has 3 aliphatic rings. The number of hydrogen-bond donors (Lipinski definition) is 0. The Morgan fingerprint density at radius 1 is 1.24 bits per heavy atom. The Morgan fingerprint density at radius 3 is 2.88 bits per heavy atom. The second kappa shape index (κ2) is 6.00. The van der Waals surface area contributed by atoms with Crippen LogP contribution in [-0.4, -0.2) is 40.0 Å². The van der Waals surface area contributed by atoms with Crippen molar-refractivity contribution >= 4 is 42.6 Å². The number of benzene rings is 1. The smallest absolute Gasteiger partial charge is 0.187 e. The minimum absolute atomic E-state index is 0.213. The molecule has 0 N–H and O–H groups in total. The highest BCUT2D eigenvalue weighted by molar-refractivity contribution is 9.10. The van der Waals surface area contributed by atoms with Crippen LogP contribution in [0.15, 0.2) is 41.0 Å². The summed E-state index contributed by atoms with van der Waals surface area (Å²) in [5.41, 5.74) is 1.60. The third kappa shape index (κ3) is 2.74. The van der Waals surface area contributed by atoms with Crippen molar-refractivity contribution in [2.24, 2.45) is 0 Å². The van der Waals surface area contributed by atoms with Crippen molar-refractivity contribution in [2.45, 2.75) is 25.0 Å². The molecule has 2 bridgehead atoms. The molecule has 0 saturated carbocycles. The standard InChI is InChI=1S/C18H16BrFN4S/c19-11-3-4-15-17(6-11)25-18(22-15)24-12-7-13(24)9-23(8-12)10-16-14(20)2-1-5-21-16/h1-6,12-13H,7-10H2. The second-order valence-electron chi connectivity index (χ2n) is 6.69. The van der Waals surface area contributed by atoms with Crippen molar-refractivity contribution in [3.63, 3.8) is 0 Å². The first kappa shape index (κ1) is 15.7. The number of thiazole rings is 1. The van der Waals surface area contributed by atoms with Gasteiger partial charge in [0.2, 0.25) is 0 Å². The predicted octanol–water partition coefficient (Wildman–Crippen LogP) is 4.06. The molecule has 3 fully saturated rings. The van der Waals surface area contributed by atoms with Crippen molar-refractivity contribution in [1.29, 1.82) is 0 Å². The van der Waals surface area contributed by atoms with Gasteiger partial charge in [0, 0.05) is 42.4 Å². The van der Waals surface area contributed by atoms with Gasteiger partial charge >= 0.3 is 0 Å². The first-order valence-electron chi connectivity index (χ1n) is 8.33. The van der Waals surface area contributed by atoms with Gasteiger partial charge in [-0.25, -0.2) is 9.37 Å². The van der Waals surface area contributed by atoms with Gasteiger partial charge in [0.1, 0.15) is 5.82 Å². The van der Waals surface area contributed by atoms with Crippen molar-refractivity contribution in [2.75, 3.05) is 18.0 Å². The van der Waals surface area contributed by atoms with Gasteiger partial charge in [0.05, 0.1) is 15.9 Å². The quantitative estimate of drug-likeness (QED) is 0.641. The highest BCUT2D eigenvalue weighted by Gasteiger charge is 2.45. The molecule has 3 aromatic rings. The normalized spacial score (nSPS) is 23.0. The van der Waals surface area contributed by atoms with Gasteiger partial charge in [-0.3, -0.25) is 9.88 Å². The van der Waals surface area contributed by atoms with Gasteiger partial charge in [-0.1, -0.05) is 27.3 Å². The van der Waals surface area contributed by atoms with E-state index in [1.807, 2.05) is 6.07 Å². The van der Waals surface area contributed by atoms with Crippen molar-refractivity contribution < 1.29 is 4.39 Å². The number of halogens is 2. The lowest BCUT2D eigenvalue weighted by Crippen LogP contribution is -2.68. The molecule has 2 unspecified atom stereocenters. The highest BCUT2D eigenvalue weighted by Crippen LogP contribution is 2.41. The van der Waals surface area contributed by atoms with Crippen LogP contribution >= 0.6 is 27.3 Å². The number of pyridine rings is 1. The molecule has 0 aliphatic carbocycles. The van der Waals surface area contributed by atoms with Crippen molar-refractivity contribution in [1.82, 2.24) is 14.9 Å². The van der Waals surface area contributed by atoms with Crippen LogP contribution in [0.5, 0.6) is 0 Å². The molecule has 2 atom stereocenters. The fourth-order valence-electron chi connectivity index (χ4n) is 3.88. The van der Waals surface area contributed by atoms with Gasteiger partial charge < -0.3 is 4.90 Å².